The normalized spacial score (nSPS) is 43.1. The highest BCUT2D eigenvalue weighted by Crippen LogP contribution is 2.37. The van der Waals surface area contributed by atoms with Crippen LogP contribution in [0.15, 0.2) is 0 Å². The number of fused-ring (bicyclic) bond motifs is 1. The van der Waals surface area contributed by atoms with Gasteiger partial charge in [0.05, 0.1) is 24.7 Å². The van der Waals surface area contributed by atoms with E-state index in [2.05, 4.69) is 5.32 Å². The maximum atomic E-state index is 11.9. The van der Waals surface area contributed by atoms with Gasteiger partial charge in [-0.2, -0.15) is 0 Å². The highest BCUT2D eigenvalue weighted by molar-refractivity contribution is 5.77. The Morgan fingerprint density at radius 1 is 1.22 bits per heavy atom. The molecule has 3 rings (SSSR count). The van der Waals surface area contributed by atoms with Crippen LogP contribution in [0.1, 0.15) is 32.1 Å². The summed E-state index contributed by atoms with van der Waals surface area (Å²) in [6.45, 7) is 1.58. The summed E-state index contributed by atoms with van der Waals surface area (Å²) in [6.07, 6.45) is 4.98. The monoisotopic (exact) mass is 254 g/mol. The SMILES string of the molecule is NC1C2CCCOC2C1NC(=O)CC1CCCO1. The predicted molar refractivity (Wildman–Crippen MR) is 66.0 cm³/mol. The summed E-state index contributed by atoms with van der Waals surface area (Å²) < 4.78 is 11.2. The summed E-state index contributed by atoms with van der Waals surface area (Å²) in [5, 5.41) is 3.02. The fourth-order valence-corrected chi connectivity index (χ4v) is 3.38. The Balaban J connectivity index is 1.48. The van der Waals surface area contributed by atoms with Crippen molar-refractivity contribution in [2.24, 2.45) is 11.7 Å². The Labute approximate surface area is 107 Å². The highest BCUT2D eigenvalue weighted by Gasteiger charge is 2.51. The molecule has 2 heterocycles. The molecule has 1 amide bonds. The fraction of sp³-hybridized carbons (Fsp3) is 0.923. The third-order valence-corrected chi connectivity index (χ3v) is 4.44. The molecule has 3 fully saturated rings. The maximum absolute atomic E-state index is 11.9. The van der Waals surface area contributed by atoms with Crippen molar-refractivity contribution in [1.82, 2.24) is 5.32 Å². The van der Waals surface area contributed by atoms with E-state index < -0.39 is 0 Å². The van der Waals surface area contributed by atoms with Gasteiger partial charge < -0.3 is 20.5 Å². The molecule has 0 aromatic heterocycles. The molecule has 0 bridgehead atoms. The van der Waals surface area contributed by atoms with E-state index in [9.17, 15) is 4.79 Å². The van der Waals surface area contributed by atoms with Crippen LogP contribution in [0.5, 0.6) is 0 Å². The number of ether oxygens (including phenoxy) is 2. The van der Waals surface area contributed by atoms with Gasteiger partial charge in [-0.15, -0.1) is 0 Å². The van der Waals surface area contributed by atoms with Crippen LogP contribution in [0.25, 0.3) is 0 Å². The minimum absolute atomic E-state index is 0.00389. The molecule has 1 saturated carbocycles. The van der Waals surface area contributed by atoms with Gasteiger partial charge in [-0.05, 0) is 25.7 Å². The number of nitrogens with two attached hydrogens (primary N) is 1. The lowest BCUT2D eigenvalue weighted by molar-refractivity contribution is -0.140. The van der Waals surface area contributed by atoms with E-state index in [0.29, 0.717) is 12.3 Å². The van der Waals surface area contributed by atoms with Crippen molar-refractivity contribution in [3.05, 3.63) is 0 Å². The number of amides is 1. The van der Waals surface area contributed by atoms with Crippen molar-refractivity contribution in [2.45, 2.75) is 56.4 Å². The lowest BCUT2D eigenvalue weighted by Gasteiger charge is -2.52. The average Bonchev–Trinajstić information content (AvgIpc) is 2.88. The van der Waals surface area contributed by atoms with E-state index in [4.69, 9.17) is 15.2 Å². The predicted octanol–water partition coefficient (Wildman–Crippen LogP) is 0.176. The maximum Gasteiger partial charge on any atom is 0.222 e. The Hall–Kier alpha value is -0.650. The van der Waals surface area contributed by atoms with Gasteiger partial charge in [0.2, 0.25) is 5.91 Å². The standard InChI is InChI=1S/C13H22N2O3/c14-11-9-4-2-6-18-13(9)12(11)15-10(16)7-8-3-1-5-17-8/h8-9,11-13H,1-7,14H2,(H,15,16). The van der Waals surface area contributed by atoms with Crippen LogP contribution < -0.4 is 11.1 Å². The summed E-state index contributed by atoms with van der Waals surface area (Å²) in [7, 11) is 0. The number of carbonyl (C=O) groups is 1. The van der Waals surface area contributed by atoms with Gasteiger partial charge in [0.15, 0.2) is 0 Å². The molecule has 102 valence electrons. The Bertz CT molecular complexity index is 317. The van der Waals surface area contributed by atoms with Crippen LogP contribution >= 0.6 is 0 Å². The molecule has 2 aliphatic heterocycles. The summed E-state index contributed by atoms with van der Waals surface area (Å²) in [5.74, 6) is 0.488. The molecule has 5 unspecified atom stereocenters. The molecule has 1 aliphatic carbocycles. The Morgan fingerprint density at radius 3 is 2.78 bits per heavy atom. The minimum Gasteiger partial charge on any atom is -0.378 e. The summed E-state index contributed by atoms with van der Waals surface area (Å²) in [6, 6.07) is 0.0629. The van der Waals surface area contributed by atoms with Gasteiger partial charge in [0.1, 0.15) is 0 Å². The first-order valence-electron chi connectivity index (χ1n) is 7.04. The number of hydrogen-bond donors (Lipinski definition) is 2. The molecule has 2 saturated heterocycles. The molecule has 0 radical (unpaired) electrons. The number of carbonyl (C=O) groups excluding carboxylic acids is 1. The van der Waals surface area contributed by atoms with E-state index in [0.717, 1.165) is 38.9 Å². The molecule has 0 aromatic carbocycles. The second-order valence-corrected chi connectivity index (χ2v) is 5.65. The van der Waals surface area contributed by atoms with Gasteiger partial charge in [0.25, 0.3) is 0 Å². The molecule has 0 spiro atoms. The van der Waals surface area contributed by atoms with Crippen LogP contribution in [0.2, 0.25) is 0 Å². The first-order chi connectivity index (χ1) is 8.75. The van der Waals surface area contributed by atoms with Crippen LogP contribution in [0, 0.1) is 5.92 Å². The fourth-order valence-electron chi connectivity index (χ4n) is 3.38. The van der Waals surface area contributed by atoms with Crippen LogP contribution in [0.4, 0.5) is 0 Å². The summed E-state index contributed by atoms with van der Waals surface area (Å²) in [5.41, 5.74) is 6.11. The third kappa shape index (κ3) is 2.27. The second kappa shape index (κ2) is 5.15. The molecular weight excluding hydrogens is 232 g/mol. The topological polar surface area (TPSA) is 73.6 Å². The molecule has 5 heteroatoms. The molecule has 5 atom stereocenters. The average molecular weight is 254 g/mol. The summed E-state index contributed by atoms with van der Waals surface area (Å²) >= 11 is 0. The molecular formula is C13H22N2O3. The summed E-state index contributed by atoms with van der Waals surface area (Å²) in [4.78, 5) is 11.9. The van der Waals surface area contributed by atoms with Gasteiger partial charge in [-0.3, -0.25) is 4.79 Å². The molecule has 3 aliphatic rings. The number of hydrogen-bond acceptors (Lipinski definition) is 4. The third-order valence-electron chi connectivity index (χ3n) is 4.44. The van der Waals surface area contributed by atoms with Crippen molar-refractivity contribution in [1.29, 1.82) is 0 Å². The van der Waals surface area contributed by atoms with Crippen molar-refractivity contribution in [3.8, 4) is 0 Å². The van der Waals surface area contributed by atoms with Gasteiger partial charge in [-0.1, -0.05) is 0 Å². The van der Waals surface area contributed by atoms with Gasteiger partial charge in [-0.25, -0.2) is 0 Å². The van der Waals surface area contributed by atoms with Crippen molar-refractivity contribution >= 4 is 5.91 Å². The molecule has 5 nitrogen and oxygen atoms in total. The highest BCUT2D eigenvalue weighted by atomic mass is 16.5. The van der Waals surface area contributed by atoms with Gasteiger partial charge in [0, 0.05) is 25.2 Å². The van der Waals surface area contributed by atoms with E-state index in [1.54, 1.807) is 0 Å². The van der Waals surface area contributed by atoms with Crippen LogP contribution in [-0.4, -0.2) is 43.4 Å². The second-order valence-electron chi connectivity index (χ2n) is 5.65. The van der Waals surface area contributed by atoms with Crippen molar-refractivity contribution in [3.63, 3.8) is 0 Å². The van der Waals surface area contributed by atoms with Crippen molar-refractivity contribution in [2.75, 3.05) is 13.2 Å². The zero-order valence-corrected chi connectivity index (χ0v) is 10.6. The van der Waals surface area contributed by atoms with E-state index in [1.807, 2.05) is 0 Å². The van der Waals surface area contributed by atoms with Gasteiger partial charge >= 0.3 is 0 Å². The quantitative estimate of drug-likeness (QED) is 0.753. The van der Waals surface area contributed by atoms with E-state index in [-0.39, 0.29) is 30.2 Å². The smallest absolute Gasteiger partial charge is 0.222 e. The largest absolute Gasteiger partial charge is 0.378 e. The van der Waals surface area contributed by atoms with Crippen LogP contribution in [0.3, 0.4) is 0 Å². The Morgan fingerprint density at radius 2 is 2.00 bits per heavy atom. The van der Waals surface area contributed by atoms with E-state index in [1.165, 1.54) is 0 Å². The lowest BCUT2D eigenvalue weighted by Crippen LogP contribution is -2.72. The molecule has 3 N–H and O–H groups in total. The van der Waals surface area contributed by atoms with Crippen molar-refractivity contribution < 1.29 is 14.3 Å². The molecule has 0 aromatic rings. The van der Waals surface area contributed by atoms with E-state index >= 15 is 0 Å². The lowest BCUT2D eigenvalue weighted by atomic mass is 9.68. The number of rotatable bonds is 3. The first-order valence-corrected chi connectivity index (χ1v) is 7.04. The Kier molecular flexibility index (Phi) is 3.54. The zero-order valence-electron chi connectivity index (χ0n) is 10.6. The minimum atomic E-state index is 0.00389. The zero-order chi connectivity index (χ0) is 12.5. The number of nitrogens with one attached hydrogen (secondary N) is 1. The first kappa shape index (κ1) is 12.4. The van der Waals surface area contributed by atoms with Crippen LogP contribution in [-0.2, 0) is 14.3 Å². The molecule has 18 heavy (non-hydrogen) atoms.